The van der Waals surface area contributed by atoms with Crippen molar-refractivity contribution in [3.05, 3.63) is 78.5 Å². The van der Waals surface area contributed by atoms with E-state index in [0.717, 1.165) is 49.3 Å². The van der Waals surface area contributed by atoms with E-state index in [1.807, 2.05) is 48.5 Å². The Morgan fingerprint density at radius 1 is 0.788 bits per heavy atom. The first kappa shape index (κ1) is 20.0. The van der Waals surface area contributed by atoms with E-state index in [-0.39, 0.29) is 6.42 Å². The molecule has 0 bridgehead atoms. The van der Waals surface area contributed by atoms with Crippen LogP contribution >= 0.6 is 0 Å². The highest BCUT2D eigenvalue weighted by molar-refractivity contribution is 6.16. The predicted molar refractivity (Wildman–Crippen MR) is 126 cm³/mol. The number of aromatic nitrogens is 1. The number of halogens is 3. The van der Waals surface area contributed by atoms with Crippen LogP contribution in [0.4, 0.5) is 13.2 Å². The highest BCUT2D eigenvalue weighted by Gasteiger charge is 2.47. The van der Waals surface area contributed by atoms with E-state index in [9.17, 15) is 13.2 Å². The molecule has 0 atom stereocenters. The van der Waals surface area contributed by atoms with Crippen LogP contribution < -0.4 is 4.74 Å². The van der Waals surface area contributed by atoms with Gasteiger partial charge in [-0.25, -0.2) is 0 Å². The second-order valence-electron chi connectivity index (χ2n) is 9.37. The van der Waals surface area contributed by atoms with E-state index >= 15 is 0 Å². The quantitative estimate of drug-likeness (QED) is 0.251. The van der Waals surface area contributed by atoms with Crippen molar-refractivity contribution < 1.29 is 17.9 Å². The van der Waals surface area contributed by atoms with Crippen LogP contribution in [-0.4, -0.2) is 11.2 Å². The summed E-state index contributed by atoms with van der Waals surface area (Å²) in [5, 5.41) is 5.83. The molecule has 0 spiro atoms. The van der Waals surface area contributed by atoms with Gasteiger partial charge in [-0.1, -0.05) is 56.3 Å². The van der Waals surface area contributed by atoms with Crippen molar-refractivity contribution in [2.75, 3.05) is 0 Å². The lowest BCUT2D eigenvalue weighted by molar-refractivity contribution is -0.211. The molecule has 0 saturated carbocycles. The lowest BCUT2D eigenvalue weighted by atomic mass is 9.84. The minimum Gasteiger partial charge on any atom is -0.456 e. The fraction of sp³-hybridized carbons (Fsp3) is 0.179. The van der Waals surface area contributed by atoms with E-state index in [4.69, 9.17) is 4.74 Å². The molecule has 0 unspecified atom stereocenters. The molecule has 0 N–H and O–H groups in total. The summed E-state index contributed by atoms with van der Waals surface area (Å²) in [5.74, 6) is 1.47. The molecule has 5 aromatic rings. The number of fused-ring (bicyclic) bond motifs is 5. The Kier molecular flexibility index (Phi) is 4.07. The fourth-order valence-electron chi connectivity index (χ4n) is 4.72. The van der Waals surface area contributed by atoms with E-state index in [1.54, 1.807) is 12.3 Å². The van der Waals surface area contributed by atoms with Gasteiger partial charge in [-0.3, -0.25) is 4.98 Å². The maximum absolute atomic E-state index is 13.5. The van der Waals surface area contributed by atoms with E-state index in [2.05, 4.69) is 17.1 Å². The number of pyridine rings is 1. The molecule has 0 saturated heterocycles. The molecule has 0 amide bonds. The smallest absolute Gasteiger partial charge is 0.394 e. The maximum Gasteiger partial charge on any atom is 0.394 e. The predicted octanol–water partition coefficient (Wildman–Crippen LogP) is 8.44. The van der Waals surface area contributed by atoms with Crippen LogP contribution in [-0.2, 0) is 6.42 Å². The highest BCUT2D eigenvalue weighted by Crippen LogP contribution is 2.49. The summed E-state index contributed by atoms with van der Waals surface area (Å²) in [6.45, 7) is 2.49. The Hall–Kier alpha value is -3.60. The molecular weight excluding hydrogens is 423 g/mol. The molecule has 5 heteroatoms. The maximum atomic E-state index is 13.5. The van der Waals surface area contributed by atoms with Crippen LogP contribution in [0.25, 0.3) is 43.6 Å². The largest absolute Gasteiger partial charge is 0.456 e. The van der Waals surface area contributed by atoms with Gasteiger partial charge in [-0.05, 0) is 63.2 Å². The normalized spacial score (nSPS) is 13.4. The Labute approximate surface area is 188 Å². The zero-order valence-corrected chi connectivity index (χ0v) is 18.1. The van der Waals surface area contributed by atoms with Crippen molar-refractivity contribution in [1.82, 2.24) is 4.98 Å². The minimum atomic E-state index is -4.27. The molecule has 0 radical (unpaired) electrons. The van der Waals surface area contributed by atoms with Gasteiger partial charge in [0.15, 0.2) is 0 Å². The van der Waals surface area contributed by atoms with Gasteiger partial charge in [-0.15, -0.1) is 0 Å². The van der Waals surface area contributed by atoms with Crippen LogP contribution in [0.5, 0.6) is 11.5 Å². The summed E-state index contributed by atoms with van der Waals surface area (Å²) < 4.78 is 46.7. The topological polar surface area (TPSA) is 22.1 Å². The van der Waals surface area contributed by atoms with Crippen molar-refractivity contribution >= 4 is 32.3 Å². The van der Waals surface area contributed by atoms with E-state index < -0.39 is 11.6 Å². The number of nitrogens with zero attached hydrogens (tertiary/aromatic N) is 1. The minimum absolute atomic E-state index is 0.0844. The third-order valence-corrected chi connectivity index (χ3v) is 6.63. The zero-order valence-electron chi connectivity index (χ0n) is 18.1. The van der Waals surface area contributed by atoms with Crippen LogP contribution in [0.15, 0.2) is 72.9 Å². The molecule has 1 aliphatic heterocycles. The Balaban J connectivity index is 1.57. The van der Waals surface area contributed by atoms with Gasteiger partial charge in [0.1, 0.15) is 11.5 Å². The van der Waals surface area contributed by atoms with Crippen LogP contribution in [0.2, 0.25) is 0 Å². The summed E-state index contributed by atoms with van der Waals surface area (Å²) in [5.41, 5.74) is 0.595. The molecule has 2 nitrogen and oxygen atoms in total. The van der Waals surface area contributed by atoms with Gasteiger partial charge >= 0.3 is 6.18 Å². The number of benzene rings is 4. The average molecular weight is 443 g/mol. The van der Waals surface area contributed by atoms with E-state index in [0.29, 0.717) is 11.3 Å². The van der Waals surface area contributed by atoms with Crippen molar-refractivity contribution in [3.63, 3.8) is 0 Å². The standard InChI is InChI=1S/C28H20F3NO/c1-27(2,28(29,30)31)15-16-7-8-19-14-24-25-20(21(19)11-16)9-10-32-26(25)22-12-17-5-3-4-6-18(17)13-23(22)33-24/h3-14H,15H2,1-2H3. The second-order valence-corrected chi connectivity index (χ2v) is 9.37. The molecule has 0 aliphatic carbocycles. The number of hydrogen-bond donors (Lipinski definition) is 0. The summed E-state index contributed by atoms with van der Waals surface area (Å²) in [7, 11) is 0. The molecule has 4 aromatic carbocycles. The van der Waals surface area contributed by atoms with Gasteiger partial charge in [0.05, 0.1) is 16.5 Å². The van der Waals surface area contributed by atoms with Gasteiger partial charge in [-0.2, -0.15) is 13.2 Å². The Bertz CT molecular complexity index is 1580. The first-order valence-electron chi connectivity index (χ1n) is 10.8. The van der Waals surface area contributed by atoms with Crippen molar-refractivity contribution in [2.45, 2.75) is 26.4 Å². The molecular formula is C28H20F3NO. The molecule has 2 heterocycles. The molecule has 1 aromatic heterocycles. The van der Waals surface area contributed by atoms with Crippen LogP contribution in [0, 0.1) is 5.41 Å². The first-order valence-corrected chi connectivity index (χ1v) is 10.8. The lowest BCUT2D eigenvalue weighted by Gasteiger charge is -2.28. The summed E-state index contributed by atoms with van der Waals surface area (Å²) in [6, 6.07) is 21.6. The molecule has 1 aliphatic rings. The fourth-order valence-corrected chi connectivity index (χ4v) is 4.72. The van der Waals surface area contributed by atoms with Gasteiger partial charge in [0.2, 0.25) is 0 Å². The second kappa shape index (κ2) is 6.70. The van der Waals surface area contributed by atoms with Crippen molar-refractivity contribution in [1.29, 1.82) is 0 Å². The monoisotopic (exact) mass is 443 g/mol. The van der Waals surface area contributed by atoms with Crippen LogP contribution in [0.1, 0.15) is 19.4 Å². The molecule has 6 rings (SSSR count). The third-order valence-electron chi connectivity index (χ3n) is 6.63. The highest BCUT2D eigenvalue weighted by atomic mass is 19.4. The van der Waals surface area contributed by atoms with Crippen molar-refractivity contribution in [2.24, 2.45) is 5.41 Å². The van der Waals surface area contributed by atoms with E-state index in [1.165, 1.54) is 13.8 Å². The van der Waals surface area contributed by atoms with Gasteiger partial charge in [0, 0.05) is 11.8 Å². The van der Waals surface area contributed by atoms with Gasteiger partial charge < -0.3 is 4.74 Å². The number of hydrogen-bond acceptors (Lipinski definition) is 2. The zero-order chi connectivity index (χ0) is 23.0. The van der Waals surface area contributed by atoms with Crippen LogP contribution in [0.3, 0.4) is 0 Å². The van der Waals surface area contributed by atoms with Crippen molar-refractivity contribution in [3.8, 4) is 22.8 Å². The number of ether oxygens (including phenoxy) is 1. The lowest BCUT2D eigenvalue weighted by Crippen LogP contribution is -2.34. The number of rotatable bonds is 2. The SMILES string of the molecule is CC(C)(Cc1ccc2cc3c4c(nccc4c2c1)-c1cc2ccccc2cc1O3)C(F)(F)F. The molecule has 33 heavy (non-hydrogen) atoms. The Morgan fingerprint density at radius 3 is 2.27 bits per heavy atom. The number of alkyl halides is 3. The molecule has 0 fully saturated rings. The molecule has 164 valence electrons. The summed E-state index contributed by atoms with van der Waals surface area (Å²) in [6.07, 6.45) is -2.59. The van der Waals surface area contributed by atoms with Gasteiger partial charge in [0.25, 0.3) is 0 Å². The summed E-state index contributed by atoms with van der Waals surface area (Å²) in [4.78, 5) is 4.68. The first-order chi connectivity index (χ1) is 15.7. The Morgan fingerprint density at radius 2 is 1.52 bits per heavy atom. The summed E-state index contributed by atoms with van der Waals surface area (Å²) >= 11 is 0. The third kappa shape index (κ3) is 3.06. The average Bonchev–Trinajstić information content (AvgIpc) is 2.77.